The summed E-state index contributed by atoms with van der Waals surface area (Å²) < 4.78 is 1.78. The van der Waals surface area contributed by atoms with E-state index in [0.717, 1.165) is 29.8 Å². The van der Waals surface area contributed by atoms with Gasteiger partial charge in [0.1, 0.15) is 5.82 Å². The Bertz CT molecular complexity index is 927. The van der Waals surface area contributed by atoms with Crippen molar-refractivity contribution in [3.63, 3.8) is 0 Å². The highest BCUT2D eigenvalue weighted by Gasteiger charge is 2.22. The van der Waals surface area contributed by atoms with Gasteiger partial charge in [-0.15, -0.1) is 0 Å². The summed E-state index contributed by atoms with van der Waals surface area (Å²) in [5.74, 6) is 0.467. The second kappa shape index (κ2) is 13.3. The molecule has 1 aromatic carbocycles. The largest absolute Gasteiger partial charge is 0.334 e. The van der Waals surface area contributed by atoms with Crippen LogP contribution < -0.4 is 5.32 Å². The van der Waals surface area contributed by atoms with Crippen LogP contribution in [0.25, 0.3) is 5.69 Å². The molecule has 0 unspecified atom stereocenters. The van der Waals surface area contributed by atoms with Gasteiger partial charge >= 0.3 is 0 Å². The predicted octanol–water partition coefficient (Wildman–Crippen LogP) is 6.41. The summed E-state index contributed by atoms with van der Waals surface area (Å²) in [6.07, 6.45) is 8.70. The first-order valence-corrected chi connectivity index (χ1v) is 12.9. The third kappa shape index (κ3) is 8.62. The first kappa shape index (κ1) is 27.6. The molecule has 0 saturated carbocycles. The molecule has 2 rings (SSSR count). The lowest BCUT2D eigenvalue weighted by Crippen LogP contribution is -2.38. The van der Waals surface area contributed by atoms with Crippen LogP contribution in [0.2, 0.25) is 0 Å². The van der Waals surface area contributed by atoms with E-state index in [4.69, 9.17) is 5.10 Å². The Morgan fingerprint density at radius 1 is 1.00 bits per heavy atom. The van der Waals surface area contributed by atoms with Gasteiger partial charge in [-0.2, -0.15) is 5.10 Å². The SMILES string of the molecule is CCCCCCCCCC(=O)N(CC)CC(=O)Nc1cc(C(C)(C)C)nn1-c1cccc(C)c1. The molecule has 0 saturated heterocycles. The molecule has 0 atom stereocenters. The maximum atomic E-state index is 12.9. The molecule has 6 nitrogen and oxygen atoms in total. The average Bonchev–Trinajstić information content (AvgIpc) is 3.21. The number of nitrogens with zero attached hydrogens (tertiary/aromatic N) is 3. The van der Waals surface area contributed by atoms with E-state index >= 15 is 0 Å². The van der Waals surface area contributed by atoms with Crippen LogP contribution >= 0.6 is 0 Å². The van der Waals surface area contributed by atoms with Gasteiger partial charge in [-0.1, -0.05) is 78.4 Å². The Labute approximate surface area is 206 Å². The number of carbonyl (C=O) groups excluding carboxylic acids is 2. The van der Waals surface area contributed by atoms with E-state index in [-0.39, 0.29) is 23.8 Å². The van der Waals surface area contributed by atoms with E-state index in [2.05, 4.69) is 33.0 Å². The van der Waals surface area contributed by atoms with Crippen molar-refractivity contribution >= 4 is 17.6 Å². The van der Waals surface area contributed by atoms with Gasteiger partial charge in [0.15, 0.2) is 0 Å². The smallest absolute Gasteiger partial charge is 0.245 e. The standard InChI is InChI=1S/C28H44N4O2/c1-7-9-10-11-12-13-14-18-27(34)31(8-2)21-26(33)29-25-20-24(28(4,5)6)30-32(25)23-17-15-16-22(3)19-23/h15-17,19-20H,7-14,18,21H2,1-6H3,(H,29,33). The van der Waals surface area contributed by atoms with E-state index in [1.165, 1.54) is 32.1 Å². The van der Waals surface area contributed by atoms with Crippen LogP contribution in [0, 0.1) is 6.92 Å². The second-order valence-corrected chi connectivity index (χ2v) is 10.2. The fourth-order valence-corrected chi connectivity index (χ4v) is 3.92. The van der Waals surface area contributed by atoms with Gasteiger partial charge in [0.2, 0.25) is 11.8 Å². The van der Waals surface area contributed by atoms with Crippen LogP contribution in [0.5, 0.6) is 0 Å². The van der Waals surface area contributed by atoms with Crippen LogP contribution in [-0.4, -0.2) is 39.6 Å². The van der Waals surface area contributed by atoms with Crippen molar-refractivity contribution in [1.82, 2.24) is 14.7 Å². The minimum absolute atomic E-state index is 0.0498. The van der Waals surface area contributed by atoms with Crippen LogP contribution in [0.3, 0.4) is 0 Å². The number of benzene rings is 1. The lowest BCUT2D eigenvalue weighted by Gasteiger charge is -2.20. The van der Waals surface area contributed by atoms with Crippen LogP contribution in [-0.2, 0) is 15.0 Å². The van der Waals surface area contributed by atoms with Crippen LogP contribution in [0.4, 0.5) is 5.82 Å². The Morgan fingerprint density at radius 3 is 2.29 bits per heavy atom. The highest BCUT2D eigenvalue weighted by atomic mass is 16.2. The van der Waals surface area contributed by atoms with Crippen molar-refractivity contribution in [2.24, 2.45) is 0 Å². The fraction of sp³-hybridized carbons (Fsp3) is 0.607. The molecule has 1 N–H and O–H groups in total. The molecule has 0 aliphatic carbocycles. The zero-order chi connectivity index (χ0) is 25.1. The number of nitrogens with one attached hydrogen (secondary N) is 1. The van der Waals surface area contributed by atoms with E-state index in [0.29, 0.717) is 18.8 Å². The summed E-state index contributed by atoms with van der Waals surface area (Å²) in [6, 6.07) is 9.96. The molecule has 2 amide bonds. The van der Waals surface area contributed by atoms with Gasteiger partial charge in [-0.05, 0) is 38.0 Å². The molecule has 0 bridgehead atoms. The Morgan fingerprint density at radius 2 is 1.68 bits per heavy atom. The summed E-state index contributed by atoms with van der Waals surface area (Å²) >= 11 is 0. The fourth-order valence-electron chi connectivity index (χ4n) is 3.92. The number of aromatic nitrogens is 2. The number of hydrogen-bond acceptors (Lipinski definition) is 3. The first-order chi connectivity index (χ1) is 16.2. The summed E-state index contributed by atoms with van der Waals surface area (Å²) in [5, 5.41) is 7.78. The molecular weight excluding hydrogens is 424 g/mol. The van der Waals surface area contributed by atoms with Gasteiger partial charge in [-0.3, -0.25) is 9.59 Å². The third-order valence-corrected chi connectivity index (χ3v) is 6.05. The molecule has 188 valence electrons. The highest BCUT2D eigenvalue weighted by Crippen LogP contribution is 2.26. The van der Waals surface area contributed by atoms with E-state index < -0.39 is 0 Å². The molecule has 0 spiro atoms. The summed E-state index contributed by atoms with van der Waals surface area (Å²) in [4.78, 5) is 27.3. The number of unbranched alkanes of at least 4 members (excludes halogenated alkanes) is 6. The average molecular weight is 469 g/mol. The highest BCUT2D eigenvalue weighted by molar-refractivity contribution is 5.94. The Hall–Kier alpha value is -2.63. The second-order valence-electron chi connectivity index (χ2n) is 10.2. The first-order valence-electron chi connectivity index (χ1n) is 12.9. The molecule has 6 heteroatoms. The summed E-state index contributed by atoms with van der Waals surface area (Å²) in [7, 11) is 0. The lowest BCUT2D eigenvalue weighted by molar-refractivity contribution is -0.134. The minimum atomic E-state index is -0.205. The van der Waals surface area contributed by atoms with Crippen molar-refractivity contribution < 1.29 is 9.59 Å². The van der Waals surface area contributed by atoms with Gasteiger partial charge in [-0.25, -0.2) is 4.68 Å². The van der Waals surface area contributed by atoms with Gasteiger partial charge in [0.05, 0.1) is 17.9 Å². The number of amides is 2. The monoisotopic (exact) mass is 468 g/mol. The molecule has 1 heterocycles. The number of carbonyl (C=O) groups is 2. The van der Waals surface area contributed by atoms with Gasteiger partial charge in [0, 0.05) is 24.4 Å². The zero-order valence-electron chi connectivity index (χ0n) is 22.1. The molecule has 0 radical (unpaired) electrons. The van der Waals surface area contributed by atoms with Crippen molar-refractivity contribution in [2.45, 2.75) is 98.3 Å². The quantitative estimate of drug-likeness (QED) is 0.346. The van der Waals surface area contributed by atoms with Crippen molar-refractivity contribution in [3.05, 3.63) is 41.6 Å². The Balaban J connectivity index is 2.01. The van der Waals surface area contributed by atoms with Crippen LogP contribution in [0.15, 0.2) is 30.3 Å². The van der Waals surface area contributed by atoms with Crippen molar-refractivity contribution in [2.75, 3.05) is 18.4 Å². The zero-order valence-corrected chi connectivity index (χ0v) is 22.1. The molecule has 1 aromatic heterocycles. The Kier molecular flexibility index (Phi) is 10.8. The number of anilines is 1. The van der Waals surface area contributed by atoms with E-state index in [1.807, 2.05) is 44.2 Å². The molecule has 0 aliphatic rings. The van der Waals surface area contributed by atoms with E-state index in [9.17, 15) is 9.59 Å². The number of hydrogen-bond donors (Lipinski definition) is 1. The van der Waals surface area contributed by atoms with Gasteiger partial charge in [0.25, 0.3) is 0 Å². The minimum Gasteiger partial charge on any atom is -0.334 e. The van der Waals surface area contributed by atoms with Crippen molar-refractivity contribution in [3.8, 4) is 5.69 Å². The third-order valence-electron chi connectivity index (χ3n) is 6.05. The molecule has 0 fully saturated rings. The van der Waals surface area contributed by atoms with Crippen LogP contribution in [0.1, 0.15) is 97.2 Å². The molecule has 2 aromatic rings. The topological polar surface area (TPSA) is 67.2 Å². The number of aryl methyl sites for hydroxylation is 1. The lowest BCUT2D eigenvalue weighted by atomic mass is 9.92. The summed E-state index contributed by atoms with van der Waals surface area (Å²) in [5.41, 5.74) is 2.76. The molecular formula is C28H44N4O2. The van der Waals surface area contributed by atoms with Crippen molar-refractivity contribution in [1.29, 1.82) is 0 Å². The molecule has 34 heavy (non-hydrogen) atoms. The normalized spacial score (nSPS) is 11.5. The van der Waals surface area contributed by atoms with Gasteiger partial charge < -0.3 is 10.2 Å². The number of likely N-dealkylation sites (N-methyl/N-ethyl adjacent to an activating group) is 1. The number of rotatable bonds is 13. The summed E-state index contributed by atoms with van der Waals surface area (Å²) in [6.45, 7) is 13.0. The maximum absolute atomic E-state index is 12.9. The molecule has 0 aliphatic heterocycles. The van der Waals surface area contributed by atoms with E-state index in [1.54, 1.807) is 9.58 Å². The predicted molar refractivity (Wildman–Crippen MR) is 140 cm³/mol. The maximum Gasteiger partial charge on any atom is 0.245 e.